The quantitative estimate of drug-likeness (QED) is 0.145. The Balaban J connectivity index is 1.42. The van der Waals surface area contributed by atoms with Crippen molar-refractivity contribution in [2.45, 2.75) is 81.9 Å². The summed E-state index contributed by atoms with van der Waals surface area (Å²) in [6.45, 7) is -0.364. The van der Waals surface area contributed by atoms with Crippen LogP contribution >= 0.6 is 0 Å². The first-order valence-electron chi connectivity index (χ1n) is 13.7. The lowest BCUT2D eigenvalue weighted by atomic mass is 9.94. The number of aryl methyl sites for hydroxylation is 2. The Morgan fingerprint density at radius 3 is 2.39 bits per heavy atom. The molecule has 5 atom stereocenters. The van der Waals surface area contributed by atoms with Crippen molar-refractivity contribution in [2.24, 2.45) is 0 Å². The number of carbonyl (C=O) groups excluding carboxylic acids is 2. The number of hydrogen-bond donors (Lipinski definition) is 6. The van der Waals surface area contributed by atoms with Crippen LogP contribution in [0.4, 0.5) is 4.39 Å². The molecule has 0 unspecified atom stereocenters. The van der Waals surface area contributed by atoms with Crippen LogP contribution in [0.1, 0.15) is 49.8 Å². The maximum atomic E-state index is 12.5. The number of benzene rings is 1. The third-order valence-electron chi connectivity index (χ3n) is 6.79. The summed E-state index contributed by atoms with van der Waals surface area (Å²) in [4.78, 5) is 35.5. The second-order valence-corrected chi connectivity index (χ2v) is 9.98. The number of carbonyl (C=O) groups is 3. The third-order valence-corrected chi connectivity index (χ3v) is 6.79. The lowest BCUT2D eigenvalue weighted by molar-refractivity contribution is -0.219. The predicted octanol–water partition coefficient (Wildman–Crippen LogP) is -0.170. The van der Waals surface area contributed by atoms with E-state index in [-0.39, 0.29) is 31.8 Å². The summed E-state index contributed by atoms with van der Waals surface area (Å²) in [7, 11) is 0. The standard InChI is InChI=1S/C27H38FN5O8/c28-13-4-5-18-16-33(32-31-18)19-10-7-17(8-11-19)9-12-21(34)30-15-20-23(37)24(38)25(39)26(41-20)27(40)29-14-3-1-2-6-22(35)36/h7-8,10-11,16,20,23-26,37-39H,1-6,9,12-15H2,(H,29,40)(H,30,34)(H,35,36)/t20-,23-,24+,25+,26-/m0/s1. The van der Waals surface area contributed by atoms with Gasteiger partial charge in [-0.15, -0.1) is 5.10 Å². The van der Waals surface area contributed by atoms with Gasteiger partial charge in [0.1, 0.15) is 24.4 Å². The number of nitrogens with zero attached hydrogens (tertiary/aromatic N) is 3. The van der Waals surface area contributed by atoms with E-state index in [9.17, 15) is 34.1 Å². The van der Waals surface area contributed by atoms with Gasteiger partial charge in [0.2, 0.25) is 5.91 Å². The predicted molar refractivity (Wildman–Crippen MR) is 143 cm³/mol. The first kappa shape index (κ1) is 32.1. The number of carboxylic acids is 1. The summed E-state index contributed by atoms with van der Waals surface area (Å²) >= 11 is 0. The molecule has 13 nitrogen and oxygen atoms in total. The second kappa shape index (κ2) is 16.1. The van der Waals surface area contributed by atoms with E-state index in [4.69, 9.17) is 9.84 Å². The first-order valence-corrected chi connectivity index (χ1v) is 13.7. The monoisotopic (exact) mass is 579 g/mol. The molecule has 1 aliphatic rings. The average molecular weight is 580 g/mol. The SMILES string of the molecule is O=C(O)CCCCCNC(=O)[C@H]1O[C@@H](CNC(=O)CCc2ccc(-n3cc(CCCF)nn3)cc2)[C@H](O)[C@@H](O)[C@H]1O. The number of aromatic nitrogens is 3. The minimum absolute atomic E-state index is 0.0389. The summed E-state index contributed by atoms with van der Waals surface area (Å²) in [5.41, 5.74) is 2.38. The highest BCUT2D eigenvalue weighted by Gasteiger charge is 2.46. The van der Waals surface area contributed by atoms with Crippen LogP contribution in [0.3, 0.4) is 0 Å². The molecule has 14 heteroatoms. The highest BCUT2D eigenvalue weighted by molar-refractivity contribution is 5.81. The van der Waals surface area contributed by atoms with Gasteiger partial charge in [0.15, 0.2) is 6.10 Å². The van der Waals surface area contributed by atoms with Gasteiger partial charge in [-0.3, -0.25) is 18.8 Å². The van der Waals surface area contributed by atoms with Crippen molar-refractivity contribution in [1.82, 2.24) is 25.6 Å². The van der Waals surface area contributed by atoms with Crippen molar-refractivity contribution >= 4 is 17.8 Å². The summed E-state index contributed by atoms with van der Waals surface area (Å²) in [6.07, 6.45) is -2.57. The van der Waals surface area contributed by atoms with Crippen LogP contribution in [0, 0.1) is 0 Å². The number of hydrogen-bond acceptors (Lipinski definition) is 9. The summed E-state index contributed by atoms with van der Waals surface area (Å²) < 4.78 is 19.5. The molecule has 1 aromatic carbocycles. The molecule has 2 heterocycles. The van der Waals surface area contributed by atoms with Gasteiger partial charge in [0.05, 0.1) is 24.3 Å². The number of unbranched alkanes of at least 4 members (excludes halogenated alkanes) is 2. The first-order chi connectivity index (χ1) is 19.7. The van der Waals surface area contributed by atoms with Gasteiger partial charge in [0.25, 0.3) is 5.91 Å². The Morgan fingerprint density at radius 2 is 1.68 bits per heavy atom. The molecule has 226 valence electrons. The Labute approximate surface area is 236 Å². The molecule has 0 spiro atoms. The molecule has 0 saturated carbocycles. The van der Waals surface area contributed by atoms with E-state index >= 15 is 0 Å². The van der Waals surface area contributed by atoms with E-state index in [1.165, 1.54) is 0 Å². The molecule has 1 aliphatic heterocycles. The third kappa shape index (κ3) is 9.85. The van der Waals surface area contributed by atoms with Gasteiger partial charge in [-0.2, -0.15) is 0 Å². The molecule has 6 N–H and O–H groups in total. The van der Waals surface area contributed by atoms with Gasteiger partial charge in [-0.1, -0.05) is 23.8 Å². The van der Waals surface area contributed by atoms with Crippen LogP contribution < -0.4 is 10.6 Å². The molecule has 0 bridgehead atoms. The van der Waals surface area contributed by atoms with Crippen molar-refractivity contribution in [3.05, 3.63) is 41.7 Å². The second-order valence-electron chi connectivity index (χ2n) is 9.98. The van der Waals surface area contributed by atoms with E-state index in [1.807, 2.05) is 24.3 Å². The van der Waals surface area contributed by atoms with E-state index < -0.39 is 49.1 Å². The van der Waals surface area contributed by atoms with Crippen LogP contribution in [0.5, 0.6) is 0 Å². The van der Waals surface area contributed by atoms with Crippen molar-refractivity contribution in [3.8, 4) is 5.69 Å². The number of halogens is 1. The number of aliphatic hydroxyl groups is 3. The lowest BCUT2D eigenvalue weighted by Gasteiger charge is -2.40. The van der Waals surface area contributed by atoms with Crippen LogP contribution in [-0.2, 0) is 32.0 Å². The van der Waals surface area contributed by atoms with Crippen LogP contribution in [-0.4, -0.2) is 103 Å². The van der Waals surface area contributed by atoms with Crippen molar-refractivity contribution in [1.29, 1.82) is 0 Å². The topological polar surface area (TPSA) is 196 Å². The molecule has 1 aromatic heterocycles. The molecule has 0 aliphatic carbocycles. The van der Waals surface area contributed by atoms with E-state index in [0.717, 1.165) is 11.3 Å². The van der Waals surface area contributed by atoms with E-state index in [0.29, 0.717) is 44.2 Å². The molecule has 41 heavy (non-hydrogen) atoms. The van der Waals surface area contributed by atoms with E-state index in [2.05, 4.69) is 20.9 Å². The van der Waals surface area contributed by atoms with Crippen molar-refractivity contribution in [3.63, 3.8) is 0 Å². The molecule has 0 radical (unpaired) electrons. The molecule has 1 saturated heterocycles. The fourth-order valence-corrected chi connectivity index (χ4v) is 4.39. The summed E-state index contributed by atoms with van der Waals surface area (Å²) in [6, 6.07) is 7.38. The molecule has 3 rings (SSSR count). The normalized spacial score (nSPS) is 22.3. The maximum absolute atomic E-state index is 12.5. The number of carboxylic acid groups (broad SMARTS) is 1. The average Bonchev–Trinajstić information content (AvgIpc) is 3.44. The van der Waals surface area contributed by atoms with Crippen LogP contribution in [0.2, 0.25) is 0 Å². The van der Waals surface area contributed by atoms with Gasteiger partial charge in [0, 0.05) is 25.9 Å². The Morgan fingerprint density at radius 1 is 0.927 bits per heavy atom. The lowest BCUT2D eigenvalue weighted by Crippen LogP contribution is -2.63. The summed E-state index contributed by atoms with van der Waals surface area (Å²) in [5.74, 6) is -1.90. The molecular weight excluding hydrogens is 541 g/mol. The van der Waals surface area contributed by atoms with Gasteiger partial charge >= 0.3 is 5.97 Å². The van der Waals surface area contributed by atoms with Crippen molar-refractivity contribution in [2.75, 3.05) is 19.8 Å². The van der Waals surface area contributed by atoms with Crippen molar-refractivity contribution < 1.29 is 43.9 Å². The van der Waals surface area contributed by atoms with Gasteiger partial charge < -0.3 is 35.8 Å². The number of amides is 2. The zero-order valence-corrected chi connectivity index (χ0v) is 22.7. The highest BCUT2D eigenvalue weighted by Crippen LogP contribution is 2.21. The Kier molecular flexibility index (Phi) is 12.6. The highest BCUT2D eigenvalue weighted by atomic mass is 19.1. The smallest absolute Gasteiger partial charge is 0.303 e. The van der Waals surface area contributed by atoms with Crippen LogP contribution in [0.15, 0.2) is 30.5 Å². The molecule has 2 amide bonds. The van der Waals surface area contributed by atoms with Gasteiger partial charge in [-0.05, 0) is 49.8 Å². The zero-order valence-electron chi connectivity index (χ0n) is 22.7. The Bertz CT molecular complexity index is 1130. The van der Waals surface area contributed by atoms with Gasteiger partial charge in [-0.25, -0.2) is 4.68 Å². The molecule has 2 aromatic rings. The largest absolute Gasteiger partial charge is 0.481 e. The minimum Gasteiger partial charge on any atom is -0.481 e. The zero-order chi connectivity index (χ0) is 29.8. The number of aliphatic hydroxyl groups excluding tert-OH is 3. The fourth-order valence-electron chi connectivity index (χ4n) is 4.39. The molecule has 1 fully saturated rings. The number of rotatable bonds is 16. The fraction of sp³-hybridized carbons (Fsp3) is 0.593. The summed E-state index contributed by atoms with van der Waals surface area (Å²) in [5, 5.41) is 52.7. The molecular formula is C27H38FN5O8. The minimum atomic E-state index is -1.66. The van der Waals surface area contributed by atoms with Crippen LogP contribution in [0.25, 0.3) is 5.69 Å². The number of aliphatic carboxylic acids is 1. The van der Waals surface area contributed by atoms with E-state index in [1.54, 1.807) is 10.9 Å². The maximum Gasteiger partial charge on any atom is 0.303 e. The number of ether oxygens (including phenoxy) is 1. The Hall–Kier alpha value is -3.46. The number of nitrogens with one attached hydrogen (secondary N) is 2. The number of alkyl halides is 1.